The fraction of sp³-hybridized carbons (Fsp3) is 0.370. The number of carbonyl (C=O) groups excluding carboxylic acids is 4. The SMILES string of the molecule is CC(=O)O[C@H]1[C@@H](OCc2ccccc2)[C@@H](C(=O)OCc2ccccc2)O[C@H](O[C@@H]2[C@@H](N=[N+]=[N-])[C@@H](O[C@@H]3[C@@H]4OC(=O)[C@H]3O[C@H](OC[C@@H](COCc3ccccc3)OCc3ccccc3)[C@@H]4OCc3ccccc3)O[C@H](C)[C@@H]2NC(=O)OCc2ccccc2)[C@@H]1OCc1ccccc1. The van der Waals surface area contributed by atoms with Crippen LogP contribution in [0, 0.1) is 0 Å². The van der Waals surface area contributed by atoms with Crippen LogP contribution in [0.15, 0.2) is 217 Å². The highest BCUT2D eigenvalue weighted by molar-refractivity contribution is 5.79. The van der Waals surface area contributed by atoms with E-state index in [2.05, 4.69) is 15.3 Å². The smallest absolute Gasteiger partial charge is 0.407 e. The van der Waals surface area contributed by atoms with Crippen LogP contribution in [-0.4, -0.2) is 135 Å². The minimum absolute atomic E-state index is 0.0123. The van der Waals surface area contributed by atoms with E-state index >= 15 is 0 Å². The summed E-state index contributed by atoms with van der Waals surface area (Å²) in [7, 11) is 0. The topological polar surface area (TPSA) is 268 Å². The number of nitrogens with zero attached hydrogens (tertiary/aromatic N) is 3. The number of rotatable bonds is 31. The van der Waals surface area contributed by atoms with Gasteiger partial charge in [-0.3, -0.25) is 4.79 Å². The van der Waals surface area contributed by atoms with E-state index in [4.69, 9.17) is 71.1 Å². The van der Waals surface area contributed by atoms with Crippen molar-refractivity contribution in [2.75, 3.05) is 13.2 Å². The summed E-state index contributed by atoms with van der Waals surface area (Å²) in [6.07, 6.45) is -20.3. The molecule has 0 radical (unpaired) electrons. The molecule has 7 aromatic rings. The second-order valence-electron chi connectivity index (χ2n) is 23.3. The van der Waals surface area contributed by atoms with E-state index in [9.17, 15) is 24.7 Å². The van der Waals surface area contributed by atoms with Crippen LogP contribution >= 0.6 is 0 Å². The van der Waals surface area contributed by atoms with Crippen molar-refractivity contribution in [3.05, 3.63) is 262 Å². The third-order valence-electron chi connectivity index (χ3n) is 16.4. The van der Waals surface area contributed by atoms with Gasteiger partial charge < -0.3 is 76.4 Å². The zero-order valence-electron chi connectivity index (χ0n) is 52.9. The van der Waals surface area contributed by atoms with Gasteiger partial charge in [0, 0.05) is 11.8 Å². The minimum atomic E-state index is -1.77. The van der Waals surface area contributed by atoms with Crippen molar-refractivity contribution in [3.63, 3.8) is 0 Å². The number of hydrogen-bond donors (Lipinski definition) is 1. The van der Waals surface area contributed by atoms with Gasteiger partial charge in [-0.05, 0) is 51.4 Å². The molecule has 4 aliphatic heterocycles. The maximum absolute atomic E-state index is 14.8. The summed E-state index contributed by atoms with van der Waals surface area (Å²) in [6.45, 7) is 2.86. The molecule has 0 aliphatic carbocycles. The summed E-state index contributed by atoms with van der Waals surface area (Å²) in [6, 6.07) is 61.9. The fourth-order valence-electron chi connectivity index (χ4n) is 11.6. The predicted molar refractivity (Wildman–Crippen MR) is 342 cm³/mol. The maximum atomic E-state index is 14.8. The molecular formula is C73H76N4O19. The first-order valence-electron chi connectivity index (χ1n) is 31.8. The van der Waals surface area contributed by atoms with Gasteiger partial charge >= 0.3 is 24.0 Å². The Morgan fingerprint density at radius 1 is 0.500 bits per heavy atom. The van der Waals surface area contributed by atoms with Crippen LogP contribution in [0.2, 0.25) is 0 Å². The molecule has 0 aromatic heterocycles. The summed E-state index contributed by atoms with van der Waals surface area (Å²) in [5.41, 5.74) is 16.0. The minimum Gasteiger partial charge on any atom is -0.459 e. The van der Waals surface area contributed by atoms with Gasteiger partial charge in [-0.25, -0.2) is 14.4 Å². The van der Waals surface area contributed by atoms with E-state index in [-0.39, 0.29) is 52.9 Å². The van der Waals surface area contributed by atoms with Gasteiger partial charge in [0.1, 0.15) is 49.8 Å². The monoisotopic (exact) mass is 1310 g/mol. The summed E-state index contributed by atoms with van der Waals surface area (Å²) in [5, 5.41) is 7.11. The second-order valence-corrected chi connectivity index (χ2v) is 23.3. The lowest BCUT2D eigenvalue weighted by atomic mass is 9.93. The number of benzene rings is 7. The summed E-state index contributed by atoms with van der Waals surface area (Å²) < 4.78 is 97.1. The van der Waals surface area contributed by atoms with E-state index in [1.165, 1.54) is 6.92 Å². The number of ether oxygens (including phenoxy) is 15. The number of fused-ring (bicyclic) bond motifs is 2. The highest BCUT2D eigenvalue weighted by Crippen LogP contribution is 2.40. The van der Waals surface area contributed by atoms with Crippen molar-refractivity contribution in [3.8, 4) is 0 Å². The molecule has 4 fully saturated rings. The Morgan fingerprint density at radius 3 is 1.49 bits per heavy atom. The summed E-state index contributed by atoms with van der Waals surface area (Å²) >= 11 is 0. The fourth-order valence-corrected chi connectivity index (χ4v) is 11.6. The lowest BCUT2D eigenvalue weighted by Gasteiger charge is -2.49. The normalized spacial score (nSPS) is 26.3. The molecule has 4 saturated heterocycles. The average Bonchev–Trinajstić information content (AvgIpc) is 1.41. The van der Waals surface area contributed by atoms with Crippen LogP contribution in [-0.2, 0) is 132 Å². The third-order valence-corrected chi connectivity index (χ3v) is 16.4. The maximum Gasteiger partial charge on any atom is 0.407 e. The van der Waals surface area contributed by atoms with Crippen LogP contribution in [0.4, 0.5) is 4.79 Å². The predicted octanol–water partition coefficient (Wildman–Crippen LogP) is 10.1. The molecular weight excluding hydrogens is 1240 g/mol. The van der Waals surface area contributed by atoms with Crippen molar-refractivity contribution in [1.29, 1.82) is 0 Å². The molecule has 1 amide bonds. The number of azide groups is 1. The van der Waals surface area contributed by atoms with E-state index < -0.39 is 122 Å². The van der Waals surface area contributed by atoms with Crippen LogP contribution in [0.25, 0.3) is 10.4 Å². The van der Waals surface area contributed by atoms with Gasteiger partial charge in [-0.1, -0.05) is 217 Å². The van der Waals surface area contributed by atoms with Gasteiger partial charge in [-0.15, -0.1) is 0 Å². The molecule has 2 bridgehead atoms. The molecule has 4 aliphatic rings. The number of nitrogens with one attached hydrogen (secondary N) is 1. The number of alkyl carbamates (subject to hydrolysis) is 1. The van der Waals surface area contributed by atoms with Crippen molar-refractivity contribution in [2.45, 2.75) is 158 Å². The Hall–Kier alpha value is -8.91. The van der Waals surface area contributed by atoms with E-state index in [0.717, 1.165) is 16.7 Å². The van der Waals surface area contributed by atoms with Gasteiger partial charge in [0.25, 0.3) is 0 Å². The molecule has 11 rings (SSSR count). The summed E-state index contributed by atoms with van der Waals surface area (Å²) in [5.74, 6) is -2.51. The number of hydrogen-bond acceptors (Lipinski definition) is 20. The average molecular weight is 1310 g/mol. The molecule has 0 spiro atoms. The standard InChI is InChI=1S/C73H76N4O19/c1-47-57(75-73(81)89-44-55-36-22-9-23-37-55)59(93-72-67(86-42-53-32-18-7-19-33-53)61(91-48(2)78)60(84-40-51-28-14-5-15-29-51)64(96-72)68(79)87-43-54-34-20-8-21-35-54)58(76-77-74)70(90-47)94-62-63-66(85-41-52-30-16-6-17-31-52)71(95-65(62)69(80)92-63)88-46-56(83-39-50-26-12-4-13-27-50)45-82-38-49-24-10-3-11-25-49/h3-37,47,56-67,70-72H,38-46H2,1-2H3,(H,75,81)/t47-,56-,57+,58-,59+,60-,61+,62-,63+,64+,65+,66-,67-,70-,71+,72+/m1/s1. The van der Waals surface area contributed by atoms with Crippen molar-refractivity contribution >= 4 is 24.0 Å². The molecule has 0 unspecified atom stereocenters. The van der Waals surface area contributed by atoms with Crippen LogP contribution in [0.1, 0.15) is 52.8 Å². The molecule has 4 heterocycles. The highest BCUT2D eigenvalue weighted by atomic mass is 16.8. The first-order chi connectivity index (χ1) is 47.0. The van der Waals surface area contributed by atoms with E-state index in [1.54, 1.807) is 55.5 Å². The first-order valence-corrected chi connectivity index (χ1v) is 31.8. The van der Waals surface area contributed by atoms with Crippen molar-refractivity contribution in [1.82, 2.24) is 5.32 Å². The Labute approximate surface area is 555 Å². The van der Waals surface area contributed by atoms with Crippen LogP contribution in [0.5, 0.6) is 0 Å². The molecule has 1 N–H and O–H groups in total. The van der Waals surface area contributed by atoms with E-state index in [0.29, 0.717) is 28.9 Å². The summed E-state index contributed by atoms with van der Waals surface area (Å²) in [4.78, 5) is 60.0. The van der Waals surface area contributed by atoms with Gasteiger partial charge in [0.15, 0.2) is 43.3 Å². The molecule has 502 valence electrons. The van der Waals surface area contributed by atoms with Gasteiger partial charge in [0.05, 0.1) is 64.5 Å². The van der Waals surface area contributed by atoms with E-state index in [1.807, 2.05) is 164 Å². The second kappa shape index (κ2) is 34.7. The quantitative estimate of drug-likeness (QED) is 0.0139. The molecule has 23 heteroatoms. The zero-order chi connectivity index (χ0) is 66.4. The molecule has 0 saturated carbocycles. The van der Waals surface area contributed by atoms with Gasteiger partial charge in [-0.2, -0.15) is 0 Å². The Bertz CT molecular complexity index is 3590. The highest BCUT2D eigenvalue weighted by Gasteiger charge is 2.62. The van der Waals surface area contributed by atoms with Crippen LogP contribution in [0.3, 0.4) is 0 Å². The molecule has 16 atom stereocenters. The van der Waals surface area contributed by atoms with Crippen molar-refractivity contribution < 1.29 is 90.2 Å². The zero-order valence-corrected chi connectivity index (χ0v) is 52.9. The van der Waals surface area contributed by atoms with Crippen molar-refractivity contribution in [2.24, 2.45) is 5.11 Å². The third kappa shape index (κ3) is 18.8. The van der Waals surface area contributed by atoms with Gasteiger partial charge in [0.2, 0.25) is 0 Å². The first kappa shape index (κ1) is 68.5. The number of carbonyl (C=O) groups is 4. The molecule has 7 aromatic carbocycles. The largest absolute Gasteiger partial charge is 0.459 e. The number of esters is 3. The lowest BCUT2D eigenvalue weighted by molar-refractivity contribution is -0.347. The molecule has 96 heavy (non-hydrogen) atoms. The Balaban J connectivity index is 0.919. The number of amides is 1. The lowest BCUT2D eigenvalue weighted by Crippen LogP contribution is -2.68. The Morgan fingerprint density at radius 2 is 0.969 bits per heavy atom. The Kier molecular flexibility index (Phi) is 24.7. The molecule has 23 nitrogen and oxygen atoms in total. The van der Waals surface area contributed by atoms with Crippen LogP contribution < -0.4 is 5.32 Å².